The van der Waals surface area contributed by atoms with Gasteiger partial charge in [0.1, 0.15) is 5.75 Å². The van der Waals surface area contributed by atoms with Crippen molar-refractivity contribution in [3.63, 3.8) is 0 Å². The van der Waals surface area contributed by atoms with Crippen molar-refractivity contribution in [2.24, 2.45) is 5.92 Å². The second-order valence-corrected chi connectivity index (χ2v) is 8.27. The van der Waals surface area contributed by atoms with Crippen LogP contribution < -0.4 is 24.8 Å². The number of anilines is 1. The predicted molar refractivity (Wildman–Crippen MR) is 125 cm³/mol. The highest BCUT2D eigenvalue weighted by atomic mass is 16.5. The van der Waals surface area contributed by atoms with E-state index in [2.05, 4.69) is 10.6 Å². The van der Waals surface area contributed by atoms with Gasteiger partial charge in [0.2, 0.25) is 5.91 Å². The quantitative estimate of drug-likeness (QED) is 0.635. The molecule has 2 N–H and O–H groups in total. The SMILES string of the molecule is CCOc1ccc(NC(=O)N2CCc3cc(OC)c(OC)cc3[C@@H]2CNC(=O)C2CC2)cc1. The van der Waals surface area contributed by atoms with Crippen LogP contribution in [0.25, 0.3) is 0 Å². The standard InChI is InChI=1S/C25H31N3O5/c1-4-33-19-9-7-18(8-10-19)27-25(30)28-12-11-17-13-22(31-2)23(32-3)14-20(17)21(28)15-26-24(29)16-5-6-16/h7-10,13-14,16,21H,4-6,11-12,15H2,1-3H3,(H,26,29)(H,27,30)/t21-/m0/s1. The van der Waals surface area contributed by atoms with E-state index in [1.54, 1.807) is 19.1 Å². The highest BCUT2D eigenvalue weighted by Gasteiger charge is 2.35. The summed E-state index contributed by atoms with van der Waals surface area (Å²) in [6, 6.07) is 10.6. The zero-order valence-corrected chi connectivity index (χ0v) is 19.3. The van der Waals surface area contributed by atoms with Gasteiger partial charge in [-0.15, -0.1) is 0 Å². The van der Waals surface area contributed by atoms with Gasteiger partial charge in [-0.2, -0.15) is 0 Å². The van der Waals surface area contributed by atoms with Crippen molar-refractivity contribution in [3.8, 4) is 17.2 Å². The second kappa shape index (κ2) is 10.0. The third kappa shape index (κ3) is 5.16. The maximum Gasteiger partial charge on any atom is 0.322 e. The van der Waals surface area contributed by atoms with Gasteiger partial charge in [0.15, 0.2) is 11.5 Å². The molecule has 33 heavy (non-hydrogen) atoms. The summed E-state index contributed by atoms with van der Waals surface area (Å²) in [4.78, 5) is 27.4. The highest BCUT2D eigenvalue weighted by molar-refractivity contribution is 5.90. The summed E-state index contributed by atoms with van der Waals surface area (Å²) >= 11 is 0. The van der Waals surface area contributed by atoms with Crippen LogP contribution >= 0.6 is 0 Å². The highest BCUT2D eigenvalue weighted by Crippen LogP contribution is 2.38. The van der Waals surface area contributed by atoms with Gasteiger partial charge in [-0.3, -0.25) is 4.79 Å². The van der Waals surface area contributed by atoms with Crippen LogP contribution in [0.5, 0.6) is 17.2 Å². The number of carbonyl (C=O) groups excluding carboxylic acids is 2. The molecule has 1 aliphatic carbocycles. The van der Waals surface area contributed by atoms with E-state index in [0.717, 1.165) is 29.7 Å². The number of carbonyl (C=O) groups is 2. The largest absolute Gasteiger partial charge is 0.494 e. The van der Waals surface area contributed by atoms with Gasteiger partial charge in [-0.25, -0.2) is 4.79 Å². The minimum absolute atomic E-state index is 0.0504. The van der Waals surface area contributed by atoms with E-state index in [4.69, 9.17) is 14.2 Å². The summed E-state index contributed by atoms with van der Waals surface area (Å²) in [5, 5.41) is 6.02. The van der Waals surface area contributed by atoms with Crippen LogP contribution in [0.15, 0.2) is 36.4 Å². The molecular weight excluding hydrogens is 422 g/mol. The first-order valence-corrected chi connectivity index (χ1v) is 11.4. The van der Waals surface area contributed by atoms with Crippen LogP contribution in [0.2, 0.25) is 0 Å². The summed E-state index contributed by atoms with van der Waals surface area (Å²) in [7, 11) is 3.20. The summed E-state index contributed by atoms with van der Waals surface area (Å²) < 4.78 is 16.4. The van der Waals surface area contributed by atoms with Crippen LogP contribution in [0.3, 0.4) is 0 Å². The van der Waals surface area contributed by atoms with Crippen molar-refractivity contribution in [2.45, 2.75) is 32.2 Å². The van der Waals surface area contributed by atoms with E-state index in [0.29, 0.717) is 43.3 Å². The smallest absolute Gasteiger partial charge is 0.322 e. The Balaban J connectivity index is 1.57. The van der Waals surface area contributed by atoms with E-state index in [1.165, 1.54) is 0 Å². The number of methoxy groups -OCH3 is 2. The number of urea groups is 1. The Morgan fingerprint density at radius 1 is 1.06 bits per heavy atom. The van der Waals surface area contributed by atoms with Crippen LogP contribution in [0, 0.1) is 5.92 Å². The normalized spacial score (nSPS) is 17.1. The third-order valence-electron chi connectivity index (χ3n) is 6.10. The monoisotopic (exact) mass is 453 g/mol. The first-order valence-electron chi connectivity index (χ1n) is 11.4. The number of fused-ring (bicyclic) bond motifs is 1. The minimum Gasteiger partial charge on any atom is -0.494 e. The zero-order chi connectivity index (χ0) is 23.4. The van der Waals surface area contributed by atoms with Gasteiger partial charge < -0.3 is 29.7 Å². The number of nitrogens with one attached hydrogen (secondary N) is 2. The van der Waals surface area contributed by atoms with Crippen molar-refractivity contribution in [2.75, 3.05) is 39.2 Å². The van der Waals surface area contributed by atoms with Crippen molar-refractivity contribution in [3.05, 3.63) is 47.5 Å². The molecule has 8 nitrogen and oxygen atoms in total. The first-order chi connectivity index (χ1) is 16.0. The lowest BCUT2D eigenvalue weighted by atomic mass is 9.91. The Labute approximate surface area is 194 Å². The number of hydrogen-bond donors (Lipinski definition) is 2. The number of hydrogen-bond acceptors (Lipinski definition) is 5. The number of amides is 3. The molecule has 1 fully saturated rings. The van der Waals surface area contributed by atoms with Crippen LogP contribution in [-0.2, 0) is 11.2 Å². The molecule has 1 atom stereocenters. The van der Waals surface area contributed by atoms with Gasteiger partial charge in [0.05, 0.1) is 26.9 Å². The lowest BCUT2D eigenvalue weighted by Gasteiger charge is -2.38. The van der Waals surface area contributed by atoms with E-state index in [9.17, 15) is 9.59 Å². The molecule has 0 aromatic heterocycles. The molecule has 0 saturated heterocycles. The summed E-state index contributed by atoms with van der Waals surface area (Å²) in [6.07, 6.45) is 2.54. The van der Waals surface area contributed by atoms with Crippen molar-refractivity contribution in [1.82, 2.24) is 10.2 Å². The second-order valence-electron chi connectivity index (χ2n) is 8.27. The van der Waals surface area contributed by atoms with Gasteiger partial charge >= 0.3 is 6.03 Å². The molecule has 2 aromatic carbocycles. The molecule has 3 amide bonds. The lowest BCUT2D eigenvalue weighted by molar-refractivity contribution is -0.122. The topological polar surface area (TPSA) is 89.1 Å². The van der Waals surface area contributed by atoms with E-state index in [1.807, 2.05) is 43.3 Å². The Bertz CT molecular complexity index is 1000. The van der Waals surface area contributed by atoms with Gasteiger partial charge in [0.25, 0.3) is 0 Å². The van der Waals surface area contributed by atoms with Crippen molar-refractivity contribution >= 4 is 17.6 Å². The van der Waals surface area contributed by atoms with Crippen LogP contribution in [0.1, 0.15) is 36.9 Å². The molecule has 176 valence electrons. The molecule has 8 heteroatoms. The molecule has 1 aliphatic heterocycles. The van der Waals surface area contributed by atoms with Crippen molar-refractivity contribution < 1.29 is 23.8 Å². The maximum atomic E-state index is 13.3. The molecular formula is C25H31N3O5. The van der Waals surface area contributed by atoms with Gasteiger partial charge in [0, 0.05) is 24.7 Å². The van der Waals surface area contributed by atoms with Crippen LogP contribution in [0.4, 0.5) is 10.5 Å². The number of ether oxygens (including phenoxy) is 3. The summed E-state index contributed by atoms with van der Waals surface area (Å²) in [5.74, 6) is 2.16. The molecule has 0 radical (unpaired) electrons. The first kappa shape index (κ1) is 22.8. The molecule has 2 aromatic rings. The number of nitrogens with zero attached hydrogens (tertiary/aromatic N) is 1. The van der Waals surface area contributed by atoms with E-state index >= 15 is 0 Å². The van der Waals surface area contributed by atoms with Gasteiger partial charge in [-0.1, -0.05) is 0 Å². The van der Waals surface area contributed by atoms with E-state index in [-0.39, 0.29) is 23.9 Å². The summed E-state index contributed by atoms with van der Waals surface area (Å²) in [6.45, 7) is 3.38. The average molecular weight is 454 g/mol. The predicted octanol–water partition coefficient (Wildman–Crippen LogP) is 3.76. The summed E-state index contributed by atoms with van der Waals surface area (Å²) in [5.41, 5.74) is 2.72. The van der Waals surface area contributed by atoms with Crippen molar-refractivity contribution in [1.29, 1.82) is 0 Å². The maximum absolute atomic E-state index is 13.3. The van der Waals surface area contributed by atoms with Gasteiger partial charge in [-0.05, 0) is 73.7 Å². The Kier molecular flexibility index (Phi) is 6.91. The number of benzene rings is 2. The molecule has 1 heterocycles. The fourth-order valence-corrected chi connectivity index (χ4v) is 4.17. The third-order valence-corrected chi connectivity index (χ3v) is 6.10. The fraction of sp³-hybridized carbons (Fsp3) is 0.440. The Hall–Kier alpha value is -3.42. The molecule has 1 saturated carbocycles. The molecule has 2 aliphatic rings. The lowest BCUT2D eigenvalue weighted by Crippen LogP contribution is -2.47. The Morgan fingerprint density at radius 2 is 1.76 bits per heavy atom. The fourth-order valence-electron chi connectivity index (χ4n) is 4.17. The average Bonchev–Trinajstić information content (AvgIpc) is 3.68. The molecule has 0 spiro atoms. The van der Waals surface area contributed by atoms with Crippen LogP contribution in [-0.4, -0.2) is 50.8 Å². The Morgan fingerprint density at radius 3 is 2.39 bits per heavy atom. The van der Waals surface area contributed by atoms with E-state index < -0.39 is 0 Å². The zero-order valence-electron chi connectivity index (χ0n) is 19.3. The molecule has 0 unspecified atom stereocenters. The minimum atomic E-state index is -0.320. The molecule has 0 bridgehead atoms. The molecule has 4 rings (SSSR count). The number of rotatable bonds is 8.